The van der Waals surface area contributed by atoms with E-state index < -0.39 is 0 Å². The van der Waals surface area contributed by atoms with Crippen LogP contribution in [0.4, 0.5) is 0 Å². The van der Waals surface area contributed by atoms with Gasteiger partial charge in [-0.25, -0.2) is 4.68 Å². The van der Waals surface area contributed by atoms with E-state index in [1.165, 1.54) is 0 Å². The van der Waals surface area contributed by atoms with Crippen LogP contribution in [0.5, 0.6) is 0 Å². The van der Waals surface area contributed by atoms with Gasteiger partial charge in [0.25, 0.3) is 0 Å². The largest absolute Gasteiger partial charge is 0.378 e. The summed E-state index contributed by atoms with van der Waals surface area (Å²) in [6.45, 7) is 9.14. The number of nitrogens with one attached hydrogen (secondary N) is 2. The second-order valence-electron chi connectivity index (χ2n) is 5.17. The normalized spacial score (nSPS) is 11.5. The van der Waals surface area contributed by atoms with Crippen LogP contribution in [0.2, 0.25) is 0 Å². The van der Waals surface area contributed by atoms with E-state index >= 15 is 0 Å². The molecule has 0 spiro atoms. The molecule has 0 bridgehead atoms. The highest BCUT2D eigenvalue weighted by Gasteiger charge is 2.01. The van der Waals surface area contributed by atoms with Crippen molar-refractivity contribution >= 4 is 11.8 Å². The first kappa shape index (κ1) is 19.4. The van der Waals surface area contributed by atoms with Gasteiger partial charge < -0.3 is 20.1 Å². The maximum absolute atomic E-state index is 5.52. The van der Waals surface area contributed by atoms with Crippen LogP contribution in [0.15, 0.2) is 6.20 Å². The maximum Gasteiger partial charge on any atom is 0.0964 e. The quantitative estimate of drug-likeness (QED) is 0.384. The smallest absolute Gasteiger partial charge is 0.0964 e. The topological polar surface area (TPSA) is 73.2 Å². The Kier molecular flexibility index (Phi) is 11.3. The molecular formula is C14H29N5O2S. The lowest BCUT2D eigenvalue weighted by atomic mass is 10.3. The average Bonchev–Trinajstić information content (AvgIpc) is 2.95. The molecule has 0 aliphatic heterocycles. The molecular weight excluding hydrogens is 302 g/mol. The van der Waals surface area contributed by atoms with E-state index in [1.54, 1.807) is 11.8 Å². The molecule has 0 aliphatic carbocycles. The Hall–Kier alpha value is -0.670. The Morgan fingerprint density at radius 2 is 2.00 bits per heavy atom. The van der Waals surface area contributed by atoms with Crippen LogP contribution in [-0.2, 0) is 22.6 Å². The van der Waals surface area contributed by atoms with Gasteiger partial charge >= 0.3 is 0 Å². The van der Waals surface area contributed by atoms with Gasteiger partial charge in [-0.1, -0.05) is 19.1 Å². The first-order chi connectivity index (χ1) is 10.7. The van der Waals surface area contributed by atoms with Crippen molar-refractivity contribution in [1.29, 1.82) is 0 Å². The molecule has 0 saturated carbocycles. The maximum atomic E-state index is 5.52. The summed E-state index contributed by atoms with van der Waals surface area (Å²) < 4.78 is 12.8. The highest BCUT2D eigenvalue weighted by atomic mass is 32.2. The van der Waals surface area contributed by atoms with Crippen molar-refractivity contribution < 1.29 is 9.47 Å². The molecule has 1 aromatic heterocycles. The highest BCUT2D eigenvalue weighted by molar-refractivity contribution is 7.98. The van der Waals surface area contributed by atoms with E-state index in [4.69, 9.17) is 9.47 Å². The molecule has 1 rings (SSSR count). The first-order valence-electron chi connectivity index (χ1n) is 7.70. The number of ether oxygens (including phenoxy) is 2. The van der Waals surface area contributed by atoms with Gasteiger partial charge in [-0.15, -0.1) is 16.9 Å². The molecule has 22 heavy (non-hydrogen) atoms. The summed E-state index contributed by atoms with van der Waals surface area (Å²) >= 11 is 1.77. The Labute approximate surface area is 137 Å². The van der Waals surface area contributed by atoms with E-state index in [0.717, 1.165) is 31.3 Å². The second-order valence-corrected chi connectivity index (χ2v) is 6.03. The number of nitrogens with zero attached hydrogens (tertiary/aromatic N) is 3. The molecule has 0 saturated heterocycles. The summed E-state index contributed by atoms with van der Waals surface area (Å²) in [5, 5.41) is 14.8. The third-order valence-electron chi connectivity index (χ3n) is 2.78. The summed E-state index contributed by atoms with van der Waals surface area (Å²) in [6, 6.07) is 0.449. The Balaban J connectivity index is 1.94. The van der Waals surface area contributed by atoms with Gasteiger partial charge in [0.15, 0.2) is 0 Å². The third kappa shape index (κ3) is 10.1. The van der Waals surface area contributed by atoms with E-state index in [0.29, 0.717) is 32.4 Å². The van der Waals surface area contributed by atoms with Gasteiger partial charge in [0.2, 0.25) is 0 Å². The van der Waals surface area contributed by atoms with E-state index in [2.05, 4.69) is 41.0 Å². The van der Waals surface area contributed by atoms with Gasteiger partial charge in [-0.05, 0) is 6.26 Å². The first-order valence-corrected chi connectivity index (χ1v) is 9.09. The molecule has 8 heteroatoms. The van der Waals surface area contributed by atoms with Crippen LogP contribution in [0.3, 0.4) is 0 Å². The molecule has 0 unspecified atom stereocenters. The molecule has 7 nitrogen and oxygen atoms in total. The van der Waals surface area contributed by atoms with Crippen molar-refractivity contribution in [3.05, 3.63) is 11.9 Å². The Morgan fingerprint density at radius 1 is 1.23 bits per heavy atom. The number of hydrogen-bond donors (Lipinski definition) is 2. The SMILES string of the molecule is CSCNCCOCCOCCn1cc(CNC(C)C)nn1. The molecule has 1 aromatic rings. The van der Waals surface area contributed by atoms with Crippen molar-refractivity contribution in [2.24, 2.45) is 0 Å². The highest BCUT2D eigenvalue weighted by Crippen LogP contribution is 1.94. The zero-order valence-electron chi connectivity index (χ0n) is 13.9. The molecule has 2 N–H and O–H groups in total. The number of thioether (sulfide) groups is 1. The van der Waals surface area contributed by atoms with Crippen LogP contribution >= 0.6 is 11.8 Å². The summed E-state index contributed by atoms with van der Waals surface area (Å²) in [5.41, 5.74) is 0.953. The van der Waals surface area contributed by atoms with Crippen LogP contribution in [0.25, 0.3) is 0 Å². The zero-order chi connectivity index (χ0) is 16.0. The molecule has 0 aromatic carbocycles. The Morgan fingerprint density at radius 3 is 2.73 bits per heavy atom. The lowest BCUT2D eigenvalue weighted by Gasteiger charge is -2.06. The lowest BCUT2D eigenvalue weighted by Crippen LogP contribution is -2.22. The van der Waals surface area contributed by atoms with Crippen LogP contribution in [0, 0.1) is 0 Å². The fourth-order valence-corrected chi connectivity index (χ4v) is 1.98. The van der Waals surface area contributed by atoms with Gasteiger partial charge in [0.05, 0.1) is 38.7 Å². The van der Waals surface area contributed by atoms with Crippen molar-refractivity contribution in [3.8, 4) is 0 Å². The van der Waals surface area contributed by atoms with E-state index in [1.807, 2.05) is 10.9 Å². The molecule has 0 aliphatic rings. The summed E-state index contributed by atoms with van der Waals surface area (Å²) in [5.74, 6) is 0.965. The average molecular weight is 331 g/mol. The lowest BCUT2D eigenvalue weighted by molar-refractivity contribution is 0.0452. The van der Waals surface area contributed by atoms with Gasteiger partial charge in [0, 0.05) is 31.2 Å². The van der Waals surface area contributed by atoms with E-state index in [9.17, 15) is 0 Å². The zero-order valence-corrected chi connectivity index (χ0v) is 14.7. The van der Waals surface area contributed by atoms with Crippen LogP contribution in [-0.4, -0.2) is 66.1 Å². The summed E-state index contributed by atoms with van der Waals surface area (Å²) in [6.07, 6.45) is 4.02. The van der Waals surface area contributed by atoms with Gasteiger partial charge in [0.1, 0.15) is 0 Å². The Bertz CT molecular complexity index is 376. The van der Waals surface area contributed by atoms with Crippen molar-refractivity contribution in [3.63, 3.8) is 0 Å². The minimum atomic E-state index is 0.449. The molecule has 0 fully saturated rings. The number of rotatable bonds is 14. The summed E-state index contributed by atoms with van der Waals surface area (Å²) in [7, 11) is 0. The fourth-order valence-electron chi connectivity index (χ4n) is 1.64. The predicted octanol–water partition coefficient (Wildman–Crippen LogP) is 0.719. The molecule has 128 valence electrons. The van der Waals surface area contributed by atoms with E-state index in [-0.39, 0.29) is 0 Å². The fraction of sp³-hybridized carbons (Fsp3) is 0.857. The van der Waals surface area contributed by atoms with Crippen molar-refractivity contribution in [2.45, 2.75) is 33.0 Å². The number of hydrogen-bond acceptors (Lipinski definition) is 7. The monoisotopic (exact) mass is 331 g/mol. The van der Waals surface area contributed by atoms with Gasteiger partial charge in [-0.2, -0.15) is 0 Å². The van der Waals surface area contributed by atoms with Crippen LogP contribution < -0.4 is 10.6 Å². The number of aromatic nitrogens is 3. The van der Waals surface area contributed by atoms with Crippen molar-refractivity contribution in [2.75, 3.05) is 45.1 Å². The second kappa shape index (κ2) is 12.8. The molecule has 0 radical (unpaired) electrons. The minimum Gasteiger partial charge on any atom is -0.378 e. The summed E-state index contributed by atoms with van der Waals surface area (Å²) in [4.78, 5) is 0. The standard InChI is InChI=1S/C14H29N5O2S/c1-13(2)16-10-14-11-19(18-17-14)5-7-21-9-8-20-6-4-15-12-22-3/h11,13,15-16H,4-10,12H2,1-3H3. The van der Waals surface area contributed by atoms with Crippen LogP contribution in [0.1, 0.15) is 19.5 Å². The third-order valence-corrected chi connectivity index (χ3v) is 3.28. The molecule has 0 amide bonds. The van der Waals surface area contributed by atoms with Crippen molar-refractivity contribution in [1.82, 2.24) is 25.6 Å². The molecule has 0 atom stereocenters. The minimum absolute atomic E-state index is 0.449. The predicted molar refractivity (Wildman–Crippen MR) is 90.0 cm³/mol. The van der Waals surface area contributed by atoms with Gasteiger partial charge in [-0.3, -0.25) is 0 Å². The molecule has 1 heterocycles.